The minimum atomic E-state index is -0.819. The molecule has 0 saturated heterocycles. The number of aliphatic imine (C=N–C) groups is 1. The first-order valence-electron chi connectivity index (χ1n) is 9.10. The first-order chi connectivity index (χ1) is 14.0. The molecule has 2 aromatic carbocycles. The van der Waals surface area contributed by atoms with Gasteiger partial charge < -0.3 is 5.32 Å². The molecule has 0 aliphatic carbocycles. The third-order valence-corrected chi connectivity index (χ3v) is 5.04. The van der Waals surface area contributed by atoms with Gasteiger partial charge in [0.25, 0.3) is 11.7 Å². The van der Waals surface area contributed by atoms with Crippen molar-refractivity contribution < 1.29 is 19.0 Å². The van der Waals surface area contributed by atoms with Gasteiger partial charge in [0.2, 0.25) is 0 Å². The van der Waals surface area contributed by atoms with Crippen molar-refractivity contribution >= 4 is 29.9 Å². The highest BCUT2D eigenvalue weighted by Gasteiger charge is 2.47. The van der Waals surface area contributed by atoms with Crippen molar-refractivity contribution in [1.82, 2.24) is 10.2 Å². The van der Waals surface area contributed by atoms with Crippen molar-refractivity contribution in [3.8, 4) is 11.1 Å². The van der Waals surface area contributed by atoms with Crippen LogP contribution in [0.3, 0.4) is 0 Å². The molecule has 0 aromatic heterocycles. The summed E-state index contributed by atoms with van der Waals surface area (Å²) in [4.78, 5) is 42.7. The van der Waals surface area contributed by atoms with E-state index < -0.39 is 17.9 Å². The Balaban J connectivity index is 1.57. The minimum Gasteiger partial charge on any atom is -0.324 e. The van der Waals surface area contributed by atoms with Gasteiger partial charge in [-0.25, -0.2) is 4.79 Å². The van der Waals surface area contributed by atoms with Crippen molar-refractivity contribution in [2.24, 2.45) is 10.9 Å². The lowest BCUT2D eigenvalue weighted by Crippen LogP contribution is -2.54. The van der Waals surface area contributed by atoms with Gasteiger partial charge in [-0.2, -0.15) is 9.48 Å². The standard InChI is InChI=1S/C22H18N4O3/c1-25-19-18(21(28)26(2)22(25)29)17(12-13-23-19)24-20(27)16-10-8-15(9-11-16)14-6-4-3-5-7-14/h3-13,18H,1-2H3/p+1. The Kier molecular flexibility index (Phi) is 4.64. The molecule has 0 bridgehead atoms. The van der Waals surface area contributed by atoms with Crippen molar-refractivity contribution in [2.45, 2.75) is 0 Å². The normalized spacial score (nSPS) is 18.5. The van der Waals surface area contributed by atoms with Crippen LogP contribution in [0.4, 0.5) is 4.79 Å². The molecular formula is C22H19N4O3+. The number of nitrogens with zero attached hydrogens (tertiary/aromatic N) is 3. The largest absolute Gasteiger partial charge is 0.445 e. The first-order valence-corrected chi connectivity index (χ1v) is 9.10. The number of allylic oxidation sites excluding steroid dienone is 1. The van der Waals surface area contributed by atoms with Gasteiger partial charge in [-0.1, -0.05) is 42.5 Å². The number of carbonyl (C=O) groups is 3. The van der Waals surface area contributed by atoms with E-state index in [1.165, 1.54) is 17.8 Å². The molecule has 2 aromatic rings. The van der Waals surface area contributed by atoms with Crippen LogP contribution in [0, 0.1) is 5.92 Å². The van der Waals surface area contributed by atoms with E-state index in [1.807, 2.05) is 42.5 Å². The second-order valence-electron chi connectivity index (χ2n) is 6.83. The second-order valence-corrected chi connectivity index (χ2v) is 6.83. The number of carbonyl (C=O) groups excluding carboxylic acids is 3. The van der Waals surface area contributed by atoms with Gasteiger partial charge in [0.15, 0.2) is 5.92 Å². The monoisotopic (exact) mass is 387 g/mol. The van der Waals surface area contributed by atoms with Crippen molar-refractivity contribution in [1.29, 1.82) is 0 Å². The van der Waals surface area contributed by atoms with Crippen LogP contribution in [0.15, 0.2) is 71.4 Å². The Labute approximate surface area is 167 Å². The fraction of sp³-hybridized carbons (Fsp3) is 0.136. The van der Waals surface area contributed by atoms with Gasteiger partial charge in [-0.15, -0.1) is 4.99 Å². The lowest BCUT2D eigenvalue weighted by atomic mass is 9.97. The van der Waals surface area contributed by atoms with Gasteiger partial charge in [0.1, 0.15) is 6.21 Å². The highest BCUT2D eigenvalue weighted by molar-refractivity contribution is 6.16. The van der Waals surface area contributed by atoms with E-state index in [-0.39, 0.29) is 5.91 Å². The number of amidine groups is 1. The van der Waals surface area contributed by atoms with Gasteiger partial charge in [-0.3, -0.25) is 9.59 Å². The topological polar surface area (TPSA) is 81.8 Å². The molecule has 29 heavy (non-hydrogen) atoms. The highest BCUT2D eigenvalue weighted by Crippen LogP contribution is 2.23. The van der Waals surface area contributed by atoms with Crippen LogP contribution in [0.25, 0.3) is 11.1 Å². The summed E-state index contributed by atoms with van der Waals surface area (Å²) in [5, 5.41) is 2.80. The average molecular weight is 387 g/mol. The second kappa shape index (κ2) is 7.27. The third-order valence-electron chi connectivity index (χ3n) is 5.04. The molecular weight excluding hydrogens is 368 g/mol. The summed E-state index contributed by atoms with van der Waals surface area (Å²) in [6.45, 7) is 0. The summed E-state index contributed by atoms with van der Waals surface area (Å²) in [7, 11) is 2.97. The molecule has 0 fully saturated rings. The number of amides is 4. The number of nitrogens with one attached hydrogen (secondary N) is 1. The first kappa shape index (κ1) is 18.5. The summed E-state index contributed by atoms with van der Waals surface area (Å²) in [6.07, 6.45) is 3.06. The summed E-state index contributed by atoms with van der Waals surface area (Å²) in [5.74, 6) is -1.28. The smallest absolute Gasteiger partial charge is 0.324 e. The van der Waals surface area contributed by atoms with E-state index >= 15 is 0 Å². The average Bonchev–Trinajstić information content (AvgIpc) is 2.76. The molecule has 2 aliphatic rings. The molecule has 144 valence electrons. The minimum absolute atomic E-state index is 0.301. The molecule has 2 aliphatic heterocycles. The van der Waals surface area contributed by atoms with Crippen molar-refractivity contribution in [3.05, 3.63) is 71.9 Å². The zero-order valence-electron chi connectivity index (χ0n) is 16.0. The van der Waals surface area contributed by atoms with E-state index in [0.29, 0.717) is 17.1 Å². The fourth-order valence-electron chi connectivity index (χ4n) is 3.40. The molecule has 0 saturated carbocycles. The van der Waals surface area contributed by atoms with Crippen LogP contribution in [-0.2, 0) is 4.79 Å². The molecule has 1 unspecified atom stereocenters. The Morgan fingerprint density at radius 3 is 2.38 bits per heavy atom. The number of hydrogen-bond donors (Lipinski definition) is 1. The molecule has 0 radical (unpaired) electrons. The van der Waals surface area contributed by atoms with E-state index in [1.54, 1.807) is 25.3 Å². The lowest BCUT2D eigenvalue weighted by Gasteiger charge is -2.26. The van der Waals surface area contributed by atoms with Gasteiger partial charge in [-0.05, 0) is 29.3 Å². The number of imide groups is 1. The molecule has 2 heterocycles. The Hall–Kier alpha value is -3.87. The maximum atomic E-state index is 12.8. The van der Waals surface area contributed by atoms with Crippen LogP contribution in [0.5, 0.6) is 0 Å². The zero-order valence-corrected chi connectivity index (χ0v) is 16.0. The van der Waals surface area contributed by atoms with Crippen LogP contribution >= 0.6 is 0 Å². The fourth-order valence-corrected chi connectivity index (χ4v) is 3.40. The zero-order chi connectivity index (χ0) is 20.5. The van der Waals surface area contributed by atoms with E-state index in [0.717, 1.165) is 16.0 Å². The predicted octanol–water partition coefficient (Wildman–Crippen LogP) is 2.30. The van der Waals surface area contributed by atoms with Crippen molar-refractivity contribution in [3.63, 3.8) is 0 Å². The van der Waals surface area contributed by atoms with Crippen LogP contribution in [-0.4, -0.2) is 53.5 Å². The summed E-state index contributed by atoms with van der Waals surface area (Å²) < 4.78 is 1.32. The molecule has 1 N–H and O–H groups in total. The lowest BCUT2D eigenvalue weighted by molar-refractivity contribution is -0.407. The molecule has 1 atom stereocenters. The van der Waals surface area contributed by atoms with Crippen LogP contribution in [0.1, 0.15) is 10.4 Å². The third kappa shape index (κ3) is 3.27. The van der Waals surface area contributed by atoms with E-state index in [9.17, 15) is 14.4 Å². The van der Waals surface area contributed by atoms with Gasteiger partial charge >= 0.3 is 11.9 Å². The van der Waals surface area contributed by atoms with E-state index in [4.69, 9.17) is 0 Å². The Morgan fingerprint density at radius 2 is 1.69 bits per heavy atom. The summed E-state index contributed by atoms with van der Waals surface area (Å²) in [5.41, 5.74) is 2.93. The number of rotatable bonds is 3. The predicted molar refractivity (Wildman–Crippen MR) is 109 cm³/mol. The molecule has 4 amide bonds. The van der Waals surface area contributed by atoms with Gasteiger partial charge in [0, 0.05) is 11.3 Å². The quantitative estimate of drug-likeness (QED) is 0.821. The van der Waals surface area contributed by atoms with Gasteiger partial charge in [0.05, 0.1) is 14.1 Å². The van der Waals surface area contributed by atoms with E-state index in [2.05, 4.69) is 10.3 Å². The maximum Gasteiger partial charge on any atom is 0.445 e. The van der Waals surface area contributed by atoms with Crippen LogP contribution < -0.4 is 5.32 Å². The molecule has 4 rings (SSSR count). The number of fused-ring (bicyclic) bond motifs is 1. The number of urea groups is 1. The SMILES string of the molecule is CN1C(=O)C2C(NC(=O)c3ccc(-c4ccccc4)cc3)=CC=NC2=[N+](C)C1=O. The number of benzene rings is 2. The highest BCUT2D eigenvalue weighted by atomic mass is 16.2. The maximum absolute atomic E-state index is 12.8. The Morgan fingerprint density at radius 1 is 1.03 bits per heavy atom. The van der Waals surface area contributed by atoms with Crippen LogP contribution in [0.2, 0.25) is 0 Å². The Bertz CT molecular complexity index is 1100. The molecule has 0 spiro atoms. The summed E-state index contributed by atoms with van der Waals surface area (Å²) >= 11 is 0. The molecule has 7 nitrogen and oxygen atoms in total. The van der Waals surface area contributed by atoms with Crippen molar-refractivity contribution in [2.75, 3.05) is 14.1 Å². The molecule has 7 heteroatoms. The number of dihydropyridines is 1. The number of hydrogen-bond acceptors (Lipinski definition) is 4. The summed E-state index contributed by atoms with van der Waals surface area (Å²) in [6, 6.07) is 16.7.